The summed E-state index contributed by atoms with van der Waals surface area (Å²) in [6, 6.07) is 0. The van der Waals surface area contributed by atoms with Gasteiger partial charge in [-0.3, -0.25) is 0 Å². The number of rotatable bonds is 7. The van der Waals surface area contributed by atoms with Gasteiger partial charge in [-0.1, -0.05) is 39.2 Å². The first kappa shape index (κ1) is 16.0. The molecule has 0 saturated heterocycles. The van der Waals surface area contributed by atoms with Gasteiger partial charge in [0.05, 0.1) is 0 Å². The maximum absolute atomic E-state index is 5.38. The largest absolute Gasteiger partial charge is 0.330 e. The fourth-order valence-electron chi connectivity index (χ4n) is 0.728. The third kappa shape index (κ3) is 11.5. The van der Waals surface area contributed by atoms with Crippen molar-refractivity contribution in [2.45, 2.75) is 26.7 Å². The van der Waals surface area contributed by atoms with Gasteiger partial charge in [0, 0.05) is 6.33 Å². The number of thioether (sulfide) groups is 1. The Balaban J connectivity index is -0.000000449. The van der Waals surface area contributed by atoms with E-state index in [-0.39, 0.29) is 1.43 Å². The van der Waals surface area contributed by atoms with Crippen LogP contribution in [0.15, 0.2) is 36.3 Å². The van der Waals surface area contributed by atoms with Crippen LogP contribution >= 0.6 is 11.8 Å². The predicted octanol–water partition coefficient (Wildman–Crippen LogP) is 3.99. The van der Waals surface area contributed by atoms with Gasteiger partial charge in [0.15, 0.2) is 0 Å². The molecule has 0 fully saturated rings. The molecule has 84 valence electrons. The van der Waals surface area contributed by atoms with Crippen molar-refractivity contribution in [3.63, 3.8) is 0 Å². The molecule has 0 bridgehead atoms. The summed E-state index contributed by atoms with van der Waals surface area (Å²) in [7, 11) is 0. The lowest BCUT2D eigenvalue weighted by atomic mass is 10.3. The standard InChI is InChI=1S/C10H17NS.C2H6.H2/c1-3-7-10(4-2)12-9-6-5-8-11;1-2;/h3-4,7H,1-2,5-6,8-9,11H2;1-2H3;1H/b10-7+;;. The normalized spacial score (nSPS) is 10.1. The third-order valence-corrected chi connectivity index (χ3v) is 2.48. The Kier molecular flexibility index (Phi) is 17.1. The van der Waals surface area contributed by atoms with E-state index in [9.17, 15) is 0 Å². The SMILES string of the molecule is C=C/C=C(\C=C)SCCCCN.CC.[HH]. The van der Waals surface area contributed by atoms with Crippen LogP contribution < -0.4 is 5.73 Å². The van der Waals surface area contributed by atoms with Gasteiger partial charge in [0.25, 0.3) is 0 Å². The highest BCUT2D eigenvalue weighted by Gasteiger charge is 1.91. The highest BCUT2D eigenvalue weighted by atomic mass is 32.2. The lowest BCUT2D eigenvalue weighted by Gasteiger charge is -1.99. The van der Waals surface area contributed by atoms with Crippen LogP contribution in [0.1, 0.15) is 28.1 Å². The molecule has 14 heavy (non-hydrogen) atoms. The second kappa shape index (κ2) is 15.0. The Morgan fingerprint density at radius 1 is 1.36 bits per heavy atom. The van der Waals surface area contributed by atoms with Crippen LogP contribution in [0, 0.1) is 0 Å². The average Bonchev–Trinajstić information content (AvgIpc) is 2.25. The van der Waals surface area contributed by atoms with Crippen LogP contribution in [0.25, 0.3) is 0 Å². The van der Waals surface area contributed by atoms with Gasteiger partial charge in [-0.25, -0.2) is 0 Å². The topological polar surface area (TPSA) is 26.0 Å². The van der Waals surface area contributed by atoms with Crippen molar-refractivity contribution < 1.29 is 1.43 Å². The Morgan fingerprint density at radius 2 is 2.00 bits per heavy atom. The molecule has 0 radical (unpaired) electrons. The van der Waals surface area contributed by atoms with E-state index in [1.54, 1.807) is 17.8 Å². The predicted molar refractivity (Wildman–Crippen MR) is 72.7 cm³/mol. The highest BCUT2D eigenvalue weighted by Crippen LogP contribution is 2.17. The third-order valence-electron chi connectivity index (χ3n) is 1.35. The molecule has 0 aromatic carbocycles. The average molecular weight is 215 g/mol. The van der Waals surface area contributed by atoms with Crippen LogP contribution in [0.3, 0.4) is 0 Å². The number of allylic oxidation sites excluding steroid dienone is 3. The van der Waals surface area contributed by atoms with Crippen LogP contribution in [-0.2, 0) is 0 Å². The molecule has 1 nitrogen and oxygen atoms in total. The number of hydrogen-bond donors (Lipinski definition) is 1. The van der Waals surface area contributed by atoms with Gasteiger partial charge in [-0.2, -0.15) is 0 Å². The molecule has 0 aliphatic rings. The summed E-state index contributed by atoms with van der Waals surface area (Å²) in [5.41, 5.74) is 5.38. The van der Waals surface area contributed by atoms with Crippen molar-refractivity contribution in [3.8, 4) is 0 Å². The zero-order chi connectivity index (χ0) is 11.2. The lowest BCUT2D eigenvalue weighted by molar-refractivity contribution is 0.815. The van der Waals surface area contributed by atoms with Crippen molar-refractivity contribution in [1.29, 1.82) is 0 Å². The summed E-state index contributed by atoms with van der Waals surface area (Å²) in [4.78, 5) is 1.18. The van der Waals surface area contributed by atoms with Gasteiger partial charge in [-0.05, 0) is 31.2 Å². The first-order chi connectivity index (χ1) is 6.85. The fourth-order valence-corrected chi connectivity index (χ4v) is 1.62. The lowest BCUT2D eigenvalue weighted by Crippen LogP contribution is -1.98. The molecule has 0 unspecified atom stereocenters. The van der Waals surface area contributed by atoms with Crippen LogP contribution in [0.4, 0.5) is 0 Å². The van der Waals surface area contributed by atoms with Gasteiger partial charge in [0.2, 0.25) is 0 Å². The monoisotopic (exact) mass is 215 g/mol. The van der Waals surface area contributed by atoms with Gasteiger partial charge >= 0.3 is 0 Å². The van der Waals surface area contributed by atoms with E-state index in [0.717, 1.165) is 18.7 Å². The molecule has 0 spiro atoms. The summed E-state index contributed by atoms with van der Waals surface area (Å²) in [5.74, 6) is 1.11. The van der Waals surface area contributed by atoms with Gasteiger partial charge in [0.1, 0.15) is 0 Å². The molecular weight excluding hydrogens is 190 g/mol. The van der Waals surface area contributed by atoms with Crippen molar-refractivity contribution in [2.24, 2.45) is 5.73 Å². The van der Waals surface area contributed by atoms with Crippen molar-refractivity contribution >= 4 is 11.8 Å². The van der Waals surface area contributed by atoms with Crippen LogP contribution in [0.2, 0.25) is 0 Å². The second-order valence-electron chi connectivity index (χ2n) is 2.35. The molecule has 0 saturated carbocycles. The van der Waals surface area contributed by atoms with E-state index in [1.807, 2.05) is 26.0 Å². The zero-order valence-electron chi connectivity index (χ0n) is 9.46. The minimum absolute atomic E-state index is 0. The fraction of sp³-hybridized carbons (Fsp3) is 0.500. The van der Waals surface area contributed by atoms with E-state index in [2.05, 4.69) is 13.2 Å². The minimum atomic E-state index is 0. The number of nitrogens with two attached hydrogens (primary N) is 1. The number of unbranched alkanes of at least 4 members (excludes halogenated alkanes) is 1. The van der Waals surface area contributed by atoms with Crippen LogP contribution in [-0.4, -0.2) is 12.3 Å². The molecular formula is C12H25NS. The van der Waals surface area contributed by atoms with Crippen LogP contribution in [0.5, 0.6) is 0 Å². The van der Waals surface area contributed by atoms with E-state index in [0.29, 0.717) is 0 Å². The molecule has 0 amide bonds. The molecule has 0 aliphatic heterocycles. The second-order valence-corrected chi connectivity index (χ2v) is 3.52. The molecule has 0 aliphatic carbocycles. The highest BCUT2D eigenvalue weighted by molar-refractivity contribution is 8.03. The quantitative estimate of drug-likeness (QED) is 0.513. The first-order valence-corrected chi connectivity index (χ1v) is 6.11. The first-order valence-electron chi connectivity index (χ1n) is 5.13. The zero-order valence-corrected chi connectivity index (χ0v) is 10.3. The maximum atomic E-state index is 5.38. The molecule has 2 N–H and O–H groups in total. The summed E-state index contributed by atoms with van der Waals surface area (Å²) < 4.78 is 0. The van der Waals surface area contributed by atoms with Gasteiger partial charge < -0.3 is 5.73 Å². The van der Waals surface area contributed by atoms with Gasteiger partial charge in [-0.15, -0.1) is 11.8 Å². The summed E-state index contributed by atoms with van der Waals surface area (Å²) in [6.07, 6.45) is 7.89. The smallest absolute Gasteiger partial charge is 0.00658 e. The van der Waals surface area contributed by atoms with Crippen molar-refractivity contribution in [2.75, 3.05) is 12.3 Å². The summed E-state index contributed by atoms with van der Waals surface area (Å²) in [5, 5.41) is 0. The molecule has 2 heteroatoms. The van der Waals surface area contributed by atoms with E-state index in [4.69, 9.17) is 5.73 Å². The number of hydrogen-bond acceptors (Lipinski definition) is 2. The summed E-state index contributed by atoms with van der Waals surface area (Å²) >= 11 is 1.80. The Labute approximate surface area is 94.6 Å². The molecule has 0 aromatic rings. The van der Waals surface area contributed by atoms with Crippen molar-refractivity contribution in [1.82, 2.24) is 0 Å². The Hall–Kier alpha value is -0.470. The summed E-state index contributed by atoms with van der Waals surface area (Å²) in [6.45, 7) is 12.1. The maximum Gasteiger partial charge on any atom is 0.00658 e. The Morgan fingerprint density at radius 3 is 2.43 bits per heavy atom. The molecule has 0 rings (SSSR count). The van der Waals surface area contributed by atoms with E-state index < -0.39 is 0 Å². The Bertz CT molecular complexity index is 167. The van der Waals surface area contributed by atoms with Crippen molar-refractivity contribution in [3.05, 3.63) is 36.3 Å². The minimum Gasteiger partial charge on any atom is -0.330 e. The van der Waals surface area contributed by atoms with E-state index >= 15 is 0 Å². The molecule has 0 heterocycles. The molecule has 0 aromatic heterocycles. The van der Waals surface area contributed by atoms with E-state index in [1.165, 1.54) is 11.3 Å². The molecule has 0 atom stereocenters.